The van der Waals surface area contributed by atoms with Gasteiger partial charge in [-0.3, -0.25) is 9.69 Å². The lowest BCUT2D eigenvalue weighted by molar-refractivity contribution is 0.0730. The fourth-order valence-electron chi connectivity index (χ4n) is 4.31. The molecule has 0 radical (unpaired) electrons. The van der Waals surface area contributed by atoms with Crippen molar-refractivity contribution in [1.29, 1.82) is 0 Å². The summed E-state index contributed by atoms with van der Waals surface area (Å²) in [4.78, 5) is 16.8. The molecule has 1 aromatic carbocycles. The second kappa shape index (κ2) is 11.0. The maximum atomic E-state index is 12.9. The summed E-state index contributed by atoms with van der Waals surface area (Å²) in [7, 11) is -3.62. The normalized spacial score (nSPS) is 19.6. The minimum Gasteiger partial charge on any atom is -0.379 e. The maximum absolute atomic E-state index is 12.9. The highest BCUT2D eigenvalue weighted by atomic mass is 32.2. The van der Waals surface area contributed by atoms with Gasteiger partial charge >= 0.3 is 0 Å². The van der Waals surface area contributed by atoms with Gasteiger partial charge in [-0.25, -0.2) is 8.42 Å². The molecule has 174 valence electrons. The van der Waals surface area contributed by atoms with Gasteiger partial charge < -0.3 is 10.1 Å². The Kier molecular flexibility index (Phi) is 8.09. The third kappa shape index (κ3) is 5.65. The van der Waals surface area contributed by atoms with E-state index < -0.39 is 10.0 Å². The summed E-state index contributed by atoms with van der Waals surface area (Å²) in [5, 5.41) is 5.43. The first-order valence-electron chi connectivity index (χ1n) is 11.2. The number of piperidine rings is 1. The van der Waals surface area contributed by atoms with Crippen LogP contribution in [-0.4, -0.2) is 75.9 Å². The zero-order chi connectivity index (χ0) is 22.4. The molecule has 0 spiro atoms. The molecule has 1 atom stereocenters. The Hall–Kier alpha value is -1.62. The fourth-order valence-corrected chi connectivity index (χ4v) is 6.63. The quantitative estimate of drug-likeness (QED) is 0.560. The van der Waals surface area contributed by atoms with Crippen molar-refractivity contribution in [1.82, 2.24) is 14.5 Å². The number of sulfonamides is 1. The molecule has 1 N–H and O–H groups in total. The molecule has 0 aliphatic carbocycles. The summed E-state index contributed by atoms with van der Waals surface area (Å²) in [5.74, 6) is -0.104. The Bertz CT molecular complexity index is 982. The monoisotopic (exact) mass is 477 g/mol. The van der Waals surface area contributed by atoms with E-state index in [1.54, 1.807) is 29.5 Å². The zero-order valence-electron chi connectivity index (χ0n) is 18.2. The van der Waals surface area contributed by atoms with Crippen LogP contribution in [0.4, 0.5) is 0 Å². The van der Waals surface area contributed by atoms with Crippen LogP contribution < -0.4 is 5.32 Å². The Labute approximate surface area is 194 Å². The average molecular weight is 478 g/mol. The largest absolute Gasteiger partial charge is 0.379 e. The minimum absolute atomic E-state index is 0.104. The highest BCUT2D eigenvalue weighted by molar-refractivity contribution is 7.89. The number of thiophene rings is 1. The molecule has 1 aromatic heterocycles. The molecule has 4 rings (SSSR count). The third-order valence-corrected chi connectivity index (χ3v) is 8.96. The van der Waals surface area contributed by atoms with Crippen molar-refractivity contribution in [2.24, 2.45) is 0 Å². The summed E-state index contributed by atoms with van der Waals surface area (Å²) < 4.78 is 32.5. The summed E-state index contributed by atoms with van der Waals surface area (Å²) >= 11 is 1.75. The SMILES string of the molecule is O=C(CNCC(c1cccs1)N1CCCCC1)c1cccc(S(=O)(=O)N2CCOCC2)c1. The van der Waals surface area contributed by atoms with Gasteiger partial charge in [-0.2, -0.15) is 4.31 Å². The van der Waals surface area contributed by atoms with Gasteiger partial charge in [0.1, 0.15) is 0 Å². The van der Waals surface area contributed by atoms with E-state index in [0.717, 1.165) is 13.1 Å². The number of likely N-dealkylation sites (tertiary alicyclic amines) is 1. The third-order valence-electron chi connectivity index (χ3n) is 6.09. The van der Waals surface area contributed by atoms with Crippen molar-refractivity contribution in [2.45, 2.75) is 30.2 Å². The van der Waals surface area contributed by atoms with Crippen LogP contribution in [-0.2, 0) is 14.8 Å². The van der Waals surface area contributed by atoms with Crippen molar-refractivity contribution in [3.63, 3.8) is 0 Å². The van der Waals surface area contributed by atoms with Crippen molar-refractivity contribution >= 4 is 27.1 Å². The minimum atomic E-state index is -3.62. The molecule has 32 heavy (non-hydrogen) atoms. The van der Waals surface area contributed by atoms with Gasteiger partial charge in [0.05, 0.1) is 30.7 Å². The van der Waals surface area contributed by atoms with Gasteiger partial charge in [0, 0.05) is 30.1 Å². The lowest BCUT2D eigenvalue weighted by Crippen LogP contribution is -2.40. The number of ether oxygens (including phenoxy) is 1. The van der Waals surface area contributed by atoms with E-state index in [2.05, 4.69) is 27.7 Å². The van der Waals surface area contributed by atoms with E-state index in [1.165, 1.54) is 34.5 Å². The number of nitrogens with one attached hydrogen (secondary N) is 1. The first-order chi connectivity index (χ1) is 15.6. The Morgan fingerprint density at radius 1 is 1.06 bits per heavy atom. The van der Waals surface area contributed by atoms with E-state index in [4.69, 9.17) is 4.74 Å². The first-order valence-corrected chi connectivity index (χ1v) is 13.6. The number of Topliss-reactive ketones (excluding diaryl/α,β-unsaturated/α-hetero) is 1. The number of carbonyl (C=O) groups excluding carboxylic acids is 1. The van der Waals surface area contributed by atoms with E-state index in [-0.39, 0.29) is 23.3 Å². The Morgan fingerprint density at radius 3 is 2.56 bits per heavy atom. The topological polar surface area (TPSA) is 79.0 Å². The van der Waals surface area contributed by atoms with Gasteiger partial charge in [0.15, 0.2) is 5.78 Å². The van der Waals surface area contributed by atoms with Crippen LogP contribution in [0, 0.1) is 0 Å². The lowest BCUT2D eigenvalue weighted by atomic mass is 10.1. The number of rotatable bonds is 9. The number of nitrogens with zero attached hydrogens (tertiary/aromatic N) is 2. The second-order valence-corrected chi connectivity index (χ2v) is 11.1. The number of hydrogen-bond acceptors (Lipinski definition) is 7. The second-order valence-electron chi connectivity index (χ2n) is 8.23. The number of hydrogen-bond donors (Lipinski definition) is 1. The molecule has 0 bridgehead atoms. The van der Waals surface area contributed by atoms with Gasteiger partial charge in [0.25, 0.3) is 0 Å². The Morgan fingerprint density at radius 2 is 1.84 bits per heavy atom. The first kappa shape index (κ1) is 23.5. The van der Waals surface area contributed by atoms with Crippen LogP contribution in [0.3, 0.4) is 0 Å². The number of morpholine rings is 1. The molecule has 9 heteroatoms. The van der Waals surface area contributed by atoms with Crippen molar-refractivity contribution in [3.8, 4) is 0 Å². The summed E-state index contributed by atoms with van der Waals surface area (Å²) in [6, 6.07) is 10.9. The zero-order valence-corrected chi connectivity index (χ0v) is 19.9. The smallest absolute Gasteiger partial charge is 0.243 e. The van der Waals surface area contributed by atoms with Gasteiger partial charge in [-0.1, -0.05) is 24.6 Å². The number of carbonyl (C=O) groups is 1. The molecule has 3 heterocycles. The molecular weight excluding hydrogens is 446 g/mol. The molecule has 0 amide bonds. The Balaban J connectivity index is 1.39. The van der Waals surface area contributed by atoms with Gasteiger partial charge in [0.2, 0.25) is 10.0 Å². The highest BCUT2D eigenvalue weighted by Crippen LogP contribution is 2.27. The summed E-state index contributed by atoms with van der Waals surface area (Å²) in [6.07, 6.45) is 3.71. The molecule has 1 unspecified atom stereocenters. The van der Waals surface area contributed by atoms with E-state index in [0.29, 0.717) is 38.4 Å². The number of benzene rings is 1. The average Bonchev–Trinajstić information content (AvgIpc) is 3.37. The van der Waals surface area contributed by atoms with Crippen LogP contribution in [0.2, 0.25) is 0 Å². The van der Waals surface area contributed by atoms with Crippen LogP contribution in [0.1, 0.15) is 40.5 Å². The molecule has 2 aliphatic rings. The highest BCUT2D eigenvalue weighted by Gasteiger charge is 2.27. The van der Waals surface area contributed by atoms with Crippen LogP contribution in [0.5, 0.6) is 0 Å². The van der Waals surface area contributed by atoms with Gasteiger partial charge in [-0.05, 0) is 49.5 Å². The van der Waals surface area contributed by atoms with Crippen molar-refractivity contribution in [3.05, 3.63) is 52.2 Å². The molecule has 2 aliphatic heterocycles. The van der Waals surface area contributed by atoms with Gasteiger partial charge in [-0.15, -0.1) is 11.3 Å². The molecule has 2 aromatic rings. The van der Waals surface area contributed by atoms with E-state index >= 15 is 0 Å². The van der Waals surface area contributed by atoms with Crippen LogP contribution in [0.15, 0.2) is 46.7 Å². The van der Waals surface area contributed by atoms with Crippen molar-refractivity contribution in [2.75, 3.05) is 52.5 Å². The molecule has 0 saturated carbocycles. The van der Waals surface area contributed by atoms with Crippen LogP contribution in [0.25, 0.3) is 0 Å². The number of ketones is 1. The predicted octanol–water partition coefficient (Wildman–Crippen LogP) is 2.77. The van der Waals surface area contributed by atoms with E-state index in [9.17, 15) is 13.2 Å². The summed E-state index contributed by atoms with van der Waals surface area (Å²) in [6.45, 7) is 4.49. The van der Waals surface area contributed by atoms with Crippen LogP contribution >= 0.6 is 11.3 Å². The molecular formula is C23H31N3O4S2. The predicted molar refractivity (Wildman–Crippen MR) is 126 cm³/mol. The maximum Gasteiger partial charge on any atom is 0.243 e. The standard InChI is InChI=1S/C23H31N3O4S2/c27-22(18-24-17-21(23-8-5-15-31-23)25-9-2-1-3-10-25)19-6-4-7-20(16-19)32(28,29)26-11-13-30-14-12-26/h4-8,15-16,21,24H,1-3,9-14,17-18H2. The molecule has 7 nitrogen and oxygen atoms in total. The van der Waals surface area contributed by atoms with Crippen molar-refractivity contribution < 1.29 is 17.9 Å². The fraction of sp³-hybridized carbons (Fsp3) is 0.522. The summed E-state index contributed by atoms with van der Waals surface area (Å²) in [5.41, 5.74) is 0.414. The van der Waals surface area contributed by atoms with E-state index in [1.807, 2.05) is 0 Å². The molecule has 2 fully saturated rings. The molecule has 2 saturated heterocycles. The lowest BCUT2D eigenvalue weighted by Gasteiger charge is -2.34.